The lowest BCUT2D eigenvalue weighted by Gasteiger charge is -2.36. The Hall–Kier alpha value is -3.79. The highest BCUT2D eigenvalue weighted by atomic mass is 32.2. The predicted octanol–water partition coefficient (Wildman–Crippen LogP) is 2.35. The van der Waals surface area contributed by atoms with Gasteiger partial charge < -0.3 is 19.9 Å². The first-order valence-corrected chi connectivity index (χ1v) is 11.5. The highest BCUT2D eigenvalue weighted by Gasteiger charge is 2.59. The van der Waals surface area contributed by atoms with E-state index in [0.717, 1.165) is 16.7 Å². The number of carbonyl (C=O) groups is 4. The van der Waals surface area contributed by atoms with Gasteiger partial charge in [0.2, 0.25) is 11.8 Å². The summed E-state index contributed by atoms with van der Waals surface area (Å²) < 4.78 is 16.0. The maximum Gasteiger partial charge on any atom is 0.342 e. The summed E-state index contributed by atoms with van der Waals surface area (Å²) >= 11 is 0.963. The number of fused-ring (bicyclic) bond motifs is 5. The second-order valence-corrected chi connectivity index (χ2v) is 9.02. The van der Waals surface area contributed by atoms with Crippen LogP contribution in [0, 0.1) is 5.92 Å². The zero-order chi connectivity index (χ0) is 24.1. The van der Waals surface area contributed by atoms with Gasteiger partial charge in [0.25, 0.3) is 0 Å². The third kappa shape index (κ3) is 3.09. The van der Waals surface area contributed by atoms with Gasteiger partial charge in [-0.1, -0.05) is 36.0 Å². The fraction of sp³-hybridized carbons (Fsp3) is 0.250. The van der Waals surface area contributed by atoms with Gasteiger partial charge in [-0.25, -0.2) is 14.5 Å². The zero-order valence-electron chi connectivity index (χ0n) is 18.3. The van der Waals surface area contributed by atoms with Crippen LogP contribution < -0.4 is 20.1 Å². The van der Waals surface area contributed by atoms with Crippen molar-refractivity contribution in [1.29, 1.82) is 0 Å². The van der Waals surface area contributed by atoms with Gasteiger partial charge in [0, 0.05) is 11.5 Å². The molecular weight excluding hydrogens is 460 g/mol. The van der Waals surface area contributed by atoms with Crippen LogP contribution in [-0.2, 0) is 19.1 Å². The fourth-order valence-corrected chi connectivity index (χ4v) is 5.95. The highest BCUT2D eigenvalue weighted by molar-refractivity contribution is 8.04. The number of thioether (sulfide) groups is 1. The molecule has 3 aliphatic heterocycles. The highest BCUT2D eigenvalue weighted by Crippen LogP contribution is 2.56. The number of para-hydroxylation sites is 2. The Morgan fingerprint density at radius 1 is 1.12 bits per heavy atom. The van der Waals surface area contributed by atoms with Crippen molar-refractivity contribution in [3.63, 3.8) is 0 Å². The Morgan fingerprint density at radius 3 is 2.62 bits per heavy atom. The van der Waals surface area contributed by atoms with Gasteiger partial charge >= 0.3 is 11.9 Å². The molecule has 0 aliphatic carbocycles. The van der Waals surface area contributed by atoms with E-state index in [1.54, 1.807) is 37.3 Å². The second-order valence-electron chi connectivity index (χ2n) is 7.84. The van der Waals surface area contributed by atoms with Crippen molar-refractivity contribution in [3.8, 4) is 11.5 Å². The Kier molecular flexibility index (Phi) is 5.32. The SMILES string of the molecule is CCOc1cccc2c1OC(=O)C1=C(N)S[C@@H]3C(=O)N(c4ccccc4C(=O)OC)C(=O)[C@@H]3[C@H]12. The molecule has 2 aromatic rings. The summed E-state index contributed by atoms with van der Waals surface area (Å²) in [7, 11) is 1.22. The lowest BCUT2D eigenvalue weighted by atomic mass is 9.77. The van der Waals surface area contributed by atoms with Gasteiger partial charge in [0.15, 0.2) is 11.5 Å². The van der Waals surface area contributed by atoms with Gasteiger partial charge in [0.1, 0.15) is 5.25 Å². The van der Waals surface area contributed by atoms with Gasteiger partial charge in [-0.2, -0.15) is 0 Å². The largest absolute Gasteiger partial charge is 0.490 e. The number of rotatable bonds is 4. The van der Waals surface area contributed by atoms with Gasteiger partial charge in [-0.15, -0.1) is 0 Å². The fourth-order valence-electron chi connectivity index (χ4n) is 4.71. The molecule has 174 valence electrons. The Bertz CT molecular complexity index is 1290. The van der Waals surface area contributed by atoms with Crippen LogP contribution in [0.2, 0.25) is 0 Å². The molecule has 34 heavy (non-hydrogen) atoms. The van der Waals surface area contributed by atoms with Crippen molar-refractivity contribution in [2.24, 2.45) is 11.7 Å². The number of esters is 2. The van der Waals surface area contributed by atoms with Crippen LogP contribution in [0.15, 0.2) is 53.1 Å². The second kappa shape index (κ2) is 8.21. The third-order valence-corrected chi connectivity index (χ3v) is 7.32. The number of methoxy groups -OCH3 is 1. The lowest BCUT2D eigenvalue weighted by Crippen LogP contribution is -2.40. The number of nitrogens with two attached hydrogens (primary N) is 1. The molecule has 0 radical (unpaired) electrons. The maximum absolute atomic E-state index is 13.8. The standard InChI is InChI=1S/C24H20N2O7S/c1-3-32-14-10-6-8-12-15-16-19(34-20(25)17(15)24(30)33-18(12)14)22(28)26(21(16)27)13-9-5-4-7-11(13)23(29)31-2/h4-10,15-16,19H,3,25H2,1-2H3/t15-,16-,19+/m1/s1. The number of benzene rings is 2. The van der Waals surface area contributed by atoms with Crippen molar-refractivity contribution >= 4 is 41.2 Å². The Morgan fingerprint density at radius 2 is 1.88 bits per heavy atom. The molecule has 2 amide bonds. The number of nitrogens with zero attached hydrogens (tertiary/aromatic N) is 1. The average Bonchev–Trinajstić information content (AvgIpc) is 3.08. The summed E-state index contributed by atoms with van der Waals surface area (Å²) in [6.45, 7) is 2.15. The molecule has 2 aromatic carbocycles. The molecule has 0 bridgehead atoms. The summed E-state index contributed by atoms with van der Waals surface area (Å²) in [6, 6.07) is 11.4. The van der Waals surface area contributed by atoms with E-state index in [2.05, 4.69) is 0 Å². The minimum absolute atomic E-state index is 0.0820. The molecule has 1 fully saturated rings. The van der Waals surface area contributed by atoms with Crippen LogP contribution in [0.1, 0.15) is 28.8 Å². The van der Waals surface area contributed by atoms with Crippen molar-refractivity contribution in [1.82, 2.24) is 0 Å². The molecule has 0 unspecified atom stereocenters. The summed E-state index contributed by atoms with van der Waals surface area (Å²) in [5.74, 6) is -3.54. The molecule has 10 heteroatoms. The number of imide groups is 1. The first kappa shape index (κ1) is 22.0. The molecule has 1 saturated heterocycles. The quantitative estimate of drug-likeness (QED) is 0.399. The van der Waals surface area contributed by atoms with E-state index < -0.39 is 40.8 Å². The number of carbonyl (C=O) groups excluding carboxylic acids is 4. The van der Waals surface area contributed by atoms with Crippen LogP contribution in [0.3, 0.4) is 0 Å². The minimum atomic E-state index is -0.922. The smallest absolute Gasteiger partial charge is 0.342 e. The summed E-state index contributed by atoms with van der Waals surface area (Å²) in [5, 5.41) is -0.741. The van der Waals surface area contributed by atoms with E-state index in [0.29, 0.717) is 17.9 Å². The van der Waals surface area contributed by atoms with Crippen LogP contribution >= 0.6 is 11.8 Å². The van der Waals surface area contributed by atoms with Gasteiger partial charge in [0.05, 0.1) is 41.5 Å². The summed E-state index contributed by atoms with van der Waals surface area (Å²) in [5.41, 5.74) is 7.14. The van der Waals surface area contributed by atoms with E-state index in [1.165, 1.54) is 19.2 Å². The lowest BCUT2D eigenvalue weighted by molar-refractivity contribution is -0.132. The molecular formula is C24H20N2O7S. The van der Waals surface area contributed by atoms with E-state index in [-0.39, 0.29) is 27.6 Å². The molecule has 0 saturated carbocycles. The molecule has 3 atom stereocenters. The van der Waals surface area contributed by atoms with Crippen molar-refractivity contribution in [2.45, 2.75) is 18.1 Å². The van der Waals surface area contributed by atoms with E-state index in [1.807, 2.05) is 0 Å². The van der Waals surface area contributed by atoms with E-state index in [9.17, 15) is 19.2 Å². The molecule has 0 aromatic heterocycles. The monoisotopic (exact) mass is 480 g/mol. The number of ether oxygens (including phenoxy) is 3. The molecule has 3 heterocycles. The summed E-state index contributed by atoms with van der Waals surface area (Å²) in [6.07, 6.45) is 0. The van der Waals surface area contributed by atoms with Gasteiger partial charge in [-0.3, -0.25) is 9.59 Å². The molecule has 9 nitrogen and oxygen atoms in total. The van der Waals surface area contributed by atoms with Crippen LogP contribution in [0.5, 0.6) is 11.5 Å². The molecule has 5 rings (SSSR count). The number of hydrogen-bond acceptors (Lipinski definition) is 9. The average molecular weight is 480 g/mol. The topological polar surface area (TPSA) is 125 Å². The zero-order valence-corrected chi connectivity index (χ0v) is 19.1. The normalized spacial score (nSPS) is 23.2. The maximum atomic E-state index is 13.8. The van der Waals surface area contributed by atoms with Crippen LogP contribution in [0.25, 0.3) is 0 Å². The van der Waals surface area contributed by atoms with Crippen molar-refractivity contribution in [2.75, 3.05) is 18.6 Å². The number of hydrogen-bond donors (Lipinski definition) is 1. The predicted molar refractivity (Wildman–Crippen MR) is 122 cm³/mol. The first-order valence-electron chi connectivity index (χ1n) is 10.6. The Balaban J connectivity index is 1.66. The van der Waals surface area contributed by atoms with Crippen LogP contribution in [-0.4, -0.2) is 42.7 Å². The molecule has 0 spiro atoms. The third-order valence-electron chi connectivity index (χ3n) is 6.09. The molecule has 3 aliphatic rings. The Labute approximate surface area is 198 Å². The minimum Gasteiger partial charge on any atom is -0.490 e. The van der Waals surface area contributed by atoms with Crippen molar-refractivity contribution in [3.05, 3.63) is 64.2 Å². The van der Waals surface area contributed by atoms with Crippen molar-refractivity contribution < 1.29 is 33.4 Å². The number of amides is 2. The van der Waals surface area contributed by atoms with Crippen LogP contribution in [0.4, 0.5) is 5.69 Å². The van der Waals surface area contributed by atoms with E-state index in [4.69, 9.17) is 19.9 Å². The first-order chi connectivity index (χ1) is 16.4. The van der Waals surface area contributed by atoms with Gasteiger partial charge in [-0.05, 0) is 25.1 Å². The number of anilines is 1. The molecule has 2 N–H and O–H groups in total. The summed E-state index contributed by atoms with van der Waals surface area (Å²) in [4.78, 5) is 53.6. The van der Waals surface area contributed by atoms with E-state index >= 15 is 0 Å².